The van der Waals surface area contributed by atoms with E-state index < -0.39 is 0 Å². The third-order valence-corrected chi connectivity index (χ3v) is 4.94. The van der Waals surface area contributed by atoms with Gasteiger partial charge in [0.2, 0.25) is 5.95 Å². The molecule has 0 aliphatic carbocycles. The summed E-state index contributed by atoms with van der Waals surface area (Å²) in [7, 11) is 0. The fourth-order valence-electron chi connectivity index (χ4n) is 3.37. The van der Waals surface area contributed by atoms with Gasteiger partial charge < -0.3 is 15.1 Å². The van der Waals surface area contributed by atoms with E-state index in [2.05, 4.69) is 37.3 Å². The van der Waals surface area contributed by atoms with Crippen molar-refractivity contribution in [2.24, 2.45) is 0 Å². The maximum Gasteiger partial charge on any atom is 0.255 e. The van der Waals surface area contributed by atoms with E-state index in [4.69, 9.17) is 0 Å². The molecule has 3 heterocycles. The van der Waals surface area contributed by atoms with Crippen molar-refractivity contribution in [2.45, 2.75) is 13.0 Å². The van der Waals surface area contributed by atoms with Crippen molar-refractivity contribution in [3.05, 3.63) is 78.2 Å². The normalized spacial score (nSPS) is 14.3. The van der Waals surface area contributed by atoms with Crippen LogP contribution < -0.4 is 10.2 Å². The molecule has 7 heteroatoms. The Hall–Kier alpha value is -3.48. The Morgan fingerprint density at radius 1 is 0.897 bits per heavy atom. The number of aromatic nitrogens is 3. The number of carbonyl (C=O) groups is 1. The van der Waals surface area contributed by atoms with Gasteiger partial charge in [0.25, 0.3) is 5.91 Å². The van der Waals surface area contributed by atoms with Gasteiger partial charge in [-0.1, -0.05) is 30.3 Å². The van der Waals surface area contributed by atoms with Crippen LogP contribution in [-0.4, -0.2) is 51.9 Å². The Kier molecular flexibility index (Phi) is 5.95. The van der Waals surface area contributed by atoms with Crippen LogP contribution in [0, 0.1) is 0 Å². The molecule has 1 aliphatic rings. The lowest BCUT2D eigenvalue weighted by atomic mass is 10.2. The first-order chi connectivity index (χ1) is 14.3. The van der Waals surface area contributed by atoms with Crippen molar-refractivity contribution in [3.8, 4) is 0 Å². The maximum absolute atomic E-state index is 12.9. The Morgan fingerprint density at radius 2 is 1.72 bits per heavy atom. The smallest absolute Gasteiger partial charge is 0.255 e. The van der Waals surface area contributed by atoms with Crippen LogP contribution in [-0.2, 0) is 6.54 Å². The number of anilines is 2. The first kappa shape index (κ1) is 18.9. The van der Waals surface area contributed by atoms with Gasteiger partial charge in [-0.3, -0.25) is 4.79 Å². The molecule has 0 saturated carbocycles. The highest BCUT2D eigenvalue weighted by Crippen LogP contribution is 2.14. The minimum absolute atomic E-state index is 0.0166. The van der Waals surface area contributed by atoms with Gasteiger partial charge in [0.15, 0.2) is 0 Å². The van der Waals surface area contributed by atoms with Crippen molar-refractivity contribution in [1.82, 2.24) is 19.9 Å². The fraction of sp³-hybridized carbons (Fsp3) is 0.273. The Morgan fingerprint density at radius 3 is 2.48 bits per heavy atom. The zero-order valence-electron chi connectivity index (χ0n) is 16.2. The standard InChI is InChI=1S/C22H24N6O/c29-21(27-12-5-13-28(15-14-27)22-23-10-4-11-24-22)19-8-9-20(26-17-19)25-16-18-6-2-1-3-7-18/h1-4,6-11,17H,5,12-16H2,(H,25,26). The number of rotatable bonds is 5. The largest absolute Gasteiger partial charge is 0.366 e. The van der Waals surface area contributed by atoms with Crippen LogP contribution in [0.1, 0.15) is 22.3 Å². The minimum Gasteiger partial charge on any atom is -0.366 e. The molecule has 3 aromatic rings. The highest BCUT2D eigenvalue weighted by atomic mass is 16.2. The van der Waals surface area contributed by atoms with E-state index >= 15 is 0 Å². The van der Waals surface area contributed by atoms with Gasteiger partial charge in [0, 0.05) is 51.3 Å². The summed E-state index contributed by atoms with van der Waals surface area (Å²) in [5.74, 6) is 1.49. The molecule has 29 heavy (non-hydrogen) atoms. The first-order valence-electron chi connectivity index (χ1n) is 9.85. The van der Waals surface area contributed by atoms with Gasteiger partial charge in [-0.25, -0.2) is 15.0 Å². The second kappa shape index (κ2) is 9.14. The second-order valence-electron chi connectivity index (χ2n) is 6.95. The number of nitrogens with one attached hydrogen (secondary N) is 1. The molecule has 1 N–H and O–H groups in total. The van der Waals surface area contributed by atoms with Gasteiger partial charge in [0.05, 0.1) is 5.56 Å². The van der Waals surface area contributed by atoms with E-state index in [1.807, 2.05) is 41.3 Å². The summed E-state index contributed by atoms with van der Waals surface area (Å²) in [6, 6.07) is 15.7. The van der Waals surface area contributed by atoms with E-state index in [9.17, 15) is 4.79 Å². The van der Waals surface area contributed by atoms with Crippen LogP contribution in [0.5, 0.6) is 0 Å². The molecule has 0 unspecified atom stereocenters. The molecule has 7 nitrogen and oxygen atoms in total. The molecule has 0 atom stereocenters. The van der Waals surface area contributed by atoms with Gasteiger partial charge in [0.1, 0.15) is 5.82 Å². The molecule has 1 aromatic carbocycles. The van der Waals surface area contributed by atoms with Crippen molar-refractivity contribution < 1.29 is 4.79 Å². The number of hydrogen-bond acceptors (Lipinski definition) is 6. The summed E-state index contributed by atoms with van der Waals surface area (Å²) in [5, 5.41) is 3.28. The molecule has 0 radical (unpaired) electrons. The topological polar surface area (TPSA) is 74.2 Å². The zero-order chi connectivity index (χ0) is 19.9. The molecule has 1 aliphatic heterocycles. The Balaban J connectivity index is 1.34. The van der Waals surface area contributed by atoms with Crippen molar-refractivity contribution >= 4 is 17.7 Å². The van der Waals surface area contributed by atoms with Crippen molar-refractivity contribution in [2.75, 3.05) is 36.4 Å². The van der Waals surface area contributed by atoms with E-state index in [0.717, 1.165) is 37.8 Å². The molecule has 4 rings (SSSR count). The lowest BCUT2D eigenvalue weighted by Gasteiger charge is -2.22. The number of benzene rings is 1. The molecular formula is C22H24N6O. The number of hydrogen-bond donors (Lipinski definition) is 1. The van der Waals surface area contributed by atoms with Crippen LogP contribution in [0.4, 0.5) is 11.8 Å². The van der Waals surface area contributed by atoms with Crippen molar-refractivity contribution in [3.63, 3.8) is 0 Å². The van der Waals surface area contributed by atoms with E-state index in [-0.39, 0.29) is 5.91 Å². The molecular weight excluding hydrogens is 364 g/mol. The fourth-order valence-corrected chi connectivity index (χ4v) is 3.37. The lowest BCUT2D eigenvalue weighted by molar-refractivity contribution is 0.0766. The Labute approximate surface area is 170 Å². The summed E-state index contributed by atoms with van der Waals surface area (Å²) in [6.45, 7) is 3.63. The summed E-state index contributed by atoms with van der Waals surface area (Å²) >= 11 is 0. The zero-order valence-corrected chi connectivity index (χ0v) is 16.2. The quantitative estimate of drug-likeness (QED) is 0.725. The van der Waals surface area contributed by atoms with Gasteiger partial charge in [-0.05, 0) is 30.2 Å². The lowest BCUT2D eigenvalue weighted by Crippen LogP contribution is -2.35. The van der Waals surface area contributed by atoms with Gasteiger partial charge in [-0.2, -0.15) is 0 Å². The summed E-state index contributed by atoms with van der Waals surface area (Å²) in [6.07, 6.45) is 6.02. The molecule has 2 aromatic heterocycles. The summed E-state index contributed by atoms with van der Waals surface area (Å²) < 4.78 is 0. The van der Waals surface area contributed by atoms with Gasteiger partial charge in [-0.15, -0.1) is 0 Å². The highest BCUT2D eigenvalue weighted by Gasteiger charge is 2.21. The van der Waals surface area contributed by atoms with E-state index in [0.29, 0.717) is 18.7 Å². The number of amides is 1. The van der Waals surface area contributed by atoms with Crippen LogP contribution in [0.15, 0.2) is 67.1 Å². The monoisotopic (exact) mass is 388 g/mol. The van der Waals surface area contributed by atoms with E-state index in [1.54, 1.807) is 18.6 Å². The molecule has 148 valence electrons. The third kappa shape index (κ3) is 4.87. The maximum atomic E-state index is 12.9. The van der Waals surface area contributed by atoms with Crippen molar-refractivity contribution in [1.29, 1.82) is 0 Å². The van der Waals surface area contributed by atoms with Crippen LogP contribution >= 0.6 is 0 Å². The highest BCUT2D eigenvalue weighted by molar-refractivity contribution is 5.94. The number of pyridine rings is 1. The predicted octanol–water partition coefficient (Wildman–Crippen LogP) is 2.84. The first-order valence-corrected chi connectivity index (χ1v) is 9.85. The average Bonchev–Trinajstić information content (AvgIpc) is 3.05. The summed E-state index contributed by atoms with van der Waals surface area (Å²) in [4.78, 5) is 30.0. The molecule has 0 spiro atoms. The average molecular weight is 388 g/mol. The van der Waals surface area contributed by atoms with Gasteiger partial charge >= 0.3 is 0 Å². The third-order valence-electron chi connectivity index (χ3n) is 4.94. The second-order valence-corrected chi connectivity index (χ2v) is 6.95. The molecule has 1 fully saturated rings. The SMILES string of the molecule is O=C(c1ccc(NCc2ccccc2)nc1)N1CCCN(c2ncccn2)CC1. The van der Waals surface area contributed by atoms with E-state index in [1.165, 1.54) is 5.56 Å². The minimum atomic E-state index is 0.0166. The van der Waals surface area contributed by atoms with Crippen LogP contribution in [0.25, 0.3) is 0 Å². The molecule has 0 bridgehead atoms. The number of nitrogens with zero attached hydrogens (tertiary/aromatic N) is 5. The van der Waals surface area contributed by atoms with Crippen LogP contribution in [0.3, 0.4) is 0 Å². The molecule has 1 amide bonds. The molecule has 1 saturated heterocycles. The van der Waals surface area contributed by atoms with Crippen LogP contribution in [0.2, 0.25) is 0 Å². The Bertz CT molecular complexity index is 917. The summed E-state index contributed by atoms with van der Waals surface area (Å²) in [5.41, 5.74) is 1.80. The number of carbonyl (C=O) groups excluding carboxylic acids is 1. The predicted molar refractivity (Wildman–Crippen MR) is 113 cm³/mol.